The molecule has 0 fully saturated rings. The molecule has 0 aromatic carbocycles. The van der Waals surface area contributed by atoms with Gasteiger partial charge in [0.2, 0.25) is 5.91 Å². The number of aliphatic hydroxyl groups is 1. The molecule has 0 aromatic heterocycles. The van der Waals surface area contributed by atoms with Crippen LogP contribution in [-0.4, -0.2) is 56.1 Å². The number of rotatable bonds is 6. The molecule has 0 aliphatic carbocycles. The van der Waals surface area contributed by atoms with Crippen LogP contribution in [0.25, 0.3) is 0 Å². The molecule has 1 N–H and O–H groups in total. The molecule has 0 bridgehead atoms. The highest BCUT2D eigenvalue weighted by atomic mass is 16.5. The molecule has 0 aliphatic heterocycles. The molecule has 5 heteroatoms. The van der Waals surface area contributed by atoms with Crippen LogP contribution in [0.5, 0.6) is 0 Å². The minimum absolute atomic E-state index is 0.128. The van der Waals surface area contributed by atoms with Gasteiger partial charge in [0.05, 0.1) is 19.3 Å². The fourth-order valence-corrected chi connectivity index (χ4v) is 0.927. The Morgan fingerprint density at radius 3 is 2.27 bits per heavy atom. The number of carbonyl (C=O) groups excluding carboxylic acids is 1. The van der Waals surface area contributed by atoms with E-state index < -0.39 is 6.10 Å². The summed E-state index contributed by atoms with van der Waals surface area (Å²) in [5.74, 6) is -0.128. The van der Waals surface area contributed by atoms with Crippen molar-refractivity contribution in [1.82, 2.24) is 4.90 Å². The van der Waals surface area contributed by atoms with Gasteiger partial charge in [-0.3, -0.25) is 4.79 Å². The summed E-state index contributed by atoms with van der Waals surface area (Å²) >= 11 is 0. The molecule has 5 nitrogen and oxygen atoms in total. The number of nitrogens with zero attached hydrogens (tertiary/aromatic N) is 1. The maximum atomic E-state index is 11.0. The molecule has 0 radical (unpaired) electrons. The number of hydrogen-bond donors (Lipinski definition) is 1. The molecule has 0 saturated carbocycles. The van der Waals surface area contributed by atoms with E-state index in [0.29, 0.717) is 0 Å². The molecular formula is C10H21NO4. The van der Waals surface area contributed by atoms with Crippen LogP contribution >= 0.6 is 0 Å². The van der Waals surface area contributed by atoms with Crippen molar-refractivity contribution in [2.24, 2.45) is 0 Å². The largest absolute Gasteiger partial charge is 0.389 e. The third-order valence-corrected chi connectivity index (χ3v) is 1.52. The van der Waals surface area contributed by atoms with Crippen molar-refractivity contribution in [3.63, 3.8) is 0 Å². The lowest BCUT2D eigenvalue weighted by Crippen LogP contribution is -2.38. The number of carbonyl (C=O) groups is 1. The molecule has 15 heavy (non-hydrogen) atoms. The summed E-state index contributed by atoms with van der Waals surface area (Å²) in [4.78, 5) is 12.4. The van der Waals surface area contributed by atoms with Crippen LogP contribution in [0.3, 0.4) is 0 Å². The van der Waals surface area contributed by atoms with E-state index in [1.807, 2.05) is 0 Å². The minimum Gasteiger partial charge on any atom is -0.389 e. The first-order valence-corrected chi connectivity index (χ1v) is 4.53. The predicted molar refractivity (Wildman–Crippen MR) is 58.4 cm³/mol. The summed E-state index contributed by atoms with van der Waals surface area (Å²) in [6.07, 6.45) is -0.663. The third-order valence-electron chi connectivity index (χ3n) is 1.52. The highest BCUT2D eigenvalue weighted by Crippen LogP contribution is 1.94. The van der Waals surface area contributed by atoms with Gasteiger partial charge in [-0.25, -0.2) is 0 Å². The number of amides is 1. The number of hydrogen-bond acceptors (Lipinski definition) is 4. The summed E-state index contributed by atoms with van der Waals surface area (Å²) in [5.41, 5.74) is 0. The van der Waals surface area contributed by atoms with Gasteiger partial charge in [0, 0.05) is 21.1 Å². The number of methoxy groups -OCH3 is 2. The second-order valence-corrected chi connectivity index (χ2v) is 2.77. The lowest BCUT2D eigenvalue weighted by molar-refractivity contribution is -0.135. The standard InChI is InChI=1S/C8H17NO4.C2H4/c1-7(10)9(6-13-3)4-8(11)5-12-2;1-2/h8,11H,4-6H2,1-3H3;1-2H2. The fourth-order valence-electron chi connectivity index (χ4n) is 0.927. The van der Waals surface area contributed by atoms with Gasteiger partial charge in [-0.1, -0.05) is 0 Å². The van der Waals surface area contributed by atoms with Gasteiger partial charge in [-0.15, -0.1) is 13.2 Å². The molecule has 1 atom stereocenters. The first-order valence-electron chi connectivity index (χ1n) is 4.53. The van der Waals surface area contributed by atoms with E-state index in [0.717, 1.165) is 0 Å². The van der Waals surface area contributed by atoms with Crippen LogP contribution in [0.4, 0.5) is 0 Å². The first-order chi connectivity index (χ1) is 7.11. The van der Waals surface area contributed by atoms with Gasteiger partial charge < -0.3 is 19.5 Å². The van der Waals surface area contributed by atoms with Gasteiger partial charge in [0.25, 0.3) is 0 Å². The van der Waals surface area contributed by atoms with E-state index in [4.69, 9.17) is 9.47 Å². The molecule has 90 valence electrons. The zero-order valence-corrected chi connectivity index (χ0v) is 9.73. The van der Waals surface area contributed by atoms with Gasteiger partial charge in [-0.05, 0) is 0 Å². The fraction of sp³-hybridized carbons (Fsp3) is 0.700. The van der Waals surface area contributed by atoms with E-state index in [-0.39, 0.29) is 25.8 Å². The maximum absolute atomic E-state index is 11.0. The van der Waals surface area contributed by atoms with E-state index in [9.17, 15) is 9.90 Å². The molecule has 1 unspecified atom stereocenters. The predicted octanol–water partition coefficient (Wildman–Crippen LogP) is 0.248. The zero-order valence-electron chi connectivity index (χ0n) is 9.73. The zero-order chi connectivity index (χ0) is 12.3. The van der Waals surface area contributed by atoms with Crippen molar-refractivity contribution in [1.29, 1.82) is 0 Å². The summed E-state index contributed by atoms with van der Waals surface area (Å²) < 4.78 is 9.53. The van der Waals surface area contributed by atoms with Crippen LogP contribution in [0, 0.1) is 0 Å². The number of ether oxygens (including phenoxy) is 2. The molecule has 0 aliphatic rings. The highest BCUT2D eigenvalue weighted by Gasteiger charge is 2.13. The first kappa shape index (κ1) is 16.5. The summed E-state index contributed by atoms with van der Waals surface area (Å²) in [7, 11) is 3.00. The van der Waals surface area contributed by atoms with Gasteiger partial charge in [-0.2, -0.15) is 0 Å². The molecular weight excluding hydrogens is 198 g/mol. The van der Waals surface area contributed by atoms with Crippen LogP contribution in [-0.2, 0) is 14.3 Å². The number of aliphatic hydroxyl groups excluding tert-OH is 1. The van der Waals surface area contributed by atoms with Gasteiger partial charge in [0.15, 0.2) is 0 Å². The Labute approximate surface area is 91.3 Å². The van der Waals surface area contributed by atoms with Crippen LogP contribution < -0.4 is 0 Å². The quantitative estimate of drug-likeness (QED) is 0.514. The molecule has 0 saturated heterocycles. The van der Waals surface area contributed by atoms with Crippen molar-refractivity contribution in [3.8, 4) is 0 Å². The maximum Gasteiger partial charge on any atom is 0.221 e. The molecule has 1 amide bonds. The SMILES string of the molecule is C=C.COCC(O)CN(COC)C(C)=O. The van der Waals surface area contributed by atoms with Crippen LogP contribution in [0.1, 0.15) is 6.92 Å². The van der Waals surface area contributed by atoms with Crippen LogP contribution in [0.15, 0.2) is 13.2 Å². The summed E-state index contributed by atoms with van der Waals surface area (Å²) in [6, 6.07) is 0. The average Bonchev–Trinajstić information content (AvgIpc) is 2.20. The smallest absolute Gasteiger partial charge is 0.221 e. The normalized spacial score (nSPS) is 11.2. The summed E-state index contributed by atoms with van der Waals surface area (Å²) in [6.45, 7) is 8.07. The average molecular weight is 219 g/mol. The molecule has 0 heterocycles. The Balaban J connectivity index is 0. The Bertz CT molecular complexity index is 164. The van der Waals surface area contributed by atoms with E-state index >= 15 is 0 Å². The second-order valence-electron chi connectivity index (χ2n) is 2.77. The molecule has 0 aromatic rings. The summed E-state index contributed by atoms with van der Waals surface area (Å²) in [5, 5.41) is 9.32. The second kappa shape index (κ2) is 11.2. The Morgan fingerprint density at radius 2 is 1.93 bits per heavy atom. The topological polar surface area (TPSA) is 59.0 Å². The monoisotopic (exact) mass is 219 g/mol. The minimum atomic E-state index is -0.663. The van der Waals surface area contributed by atoms with E-state index in [1.54, 1.807) is 0 Å². The van der Waals surface area contributed by atoms with E-state index in [1.165, 1.54) is 26.0 Å². The Hall–Kier alpha value is -0.910. The van der Waals surface area contributed by atoms with Crippen molar-refractivity contribution in [3.05, 3.63) is 13.2 Å². The van der Waals surface area contributed by atoms with Crippen molar-refractivity contribution < 1.29 is 19.4 Å². The lowest BCUT2D eigenvalue weighted by atomic mass is 10.3. The van der Waals surface area contributed by atoms with Crippen molar-refractivity contribution in [2.45, 2.75) is 13.0 Å². The van der Waals surface area contributed by atoms with Crippen molar-refractivity contribution in [2.75, 3.05) is 34.1 Å². The van der Waals surface area contributed by atoms with E-state index in [2.05, 4.69) is 13.2 Å². The lowest BCUT2D eigenvalue weighted by Gasteiger charge is -2.22. The van der Waals surface area contributed by atoms with Crippen molar-refractivity contribution >= 4 is 5.91 Å². The van der Waals surface area contributed by atoms with Gasteiger partial charge >= 0.3 is 0 Å². The molecule has 0 rings (SSSR count). The molecule has 0 spiro atoms. The third kappa shape index (κ3) is 9.40. The Kier molecular flexibility index (Phi) is 12.3. The highest BCUT2D eigenvalue weighted by molar-refractivity contribution is 5.73. The van der Waals surface area contributed by atoms with Gasteiger partial charge in [0.1, 0.15) is 6.73 Å². The Morgan fingerprint density at radius 1 is 1.40 bits per heavy atom. The van der Waals surface area contributed by atoms with Crippen LogP contribution in [0.2, 0.25) is 0 Å².